The van der Waals surface area contributed by atoms with Gasteiger partial charge in [0.1, 0.15) is 12.3 Å². The summed E-state index contributed by atoms with van der Waals surface area (Å²) < 4.78 is 5.16. The first-order valence-electron chi connectivity index (χ1n) is 4.42. The van der Waals surface area contributed by atoms with Crippen LogP contribution in [0.25, 0.3) is 0 Å². The number of nitrogens with zero attached hydrogens (tertiary/aromatic N) is 1. The molecule has 1 amide bonds. The fourth-order valence-electron chi connectivity index (χ4n) is 1.46. The zero-order valence-corrected chi connectivity index (χ0v) is 7.84. The molecule has 0 saturated heterocycles. The quantitative estimate of drug-likeness (QED) is 0.766. The van der Waals surface area contributed by atoms with E-state index in [9.17, 15) is 9.59 Å². The van der Waals surface area contributed by atoms with E-state index in [1.807, 2.05) is 0 Å². The second kappa shape index (κ2) is 3.61. The van der Waals surface area contributed by atoms with Crippen LogP contribution in [0.1, 0.15) is 0 Å². The van der Waals surface area contributed by atoms with Gasteiger partial charge in [0.15, 0.2) is 6.61 Å². The van der Waals surface area contributed by atoms with E-state index in [2.05, 4.69) is 0 Å². The molecule has 0 fully saturated rings. The van der Waals surface area contributed by atoms with E-state index in [-0.39, 0.29) is 19.1 Å². The molecule has 0 aliphatic carbocycles. The summed E-state index contributed by atoms with van der Waals surface area (Å²) in [7, 11) is 0. The standard InChI is InChI=1S/C10H9NO4/c12-9-6-15-8-4-2-1-3-7(8)11(9)5-10(13)14/h1-4H,5-6H2,(H,13,14). The Morgan fingerprint density at radius 1 is 1.47 bits per heavy atom. The summed E-state index contributed by atoms with van der Waals surface area (Å²) in [5.41, 5.74) is 0.510. The van der Waals surface area contributed by atoms with Gasteiger partial charge in [0.2, 0.25) is 0 Å². The number of rotatable bonds is 2. The summed E-state index contributed by atoms with van der Waals surface area (Å²) in [6.07, 6.45) is 0. The Labute approximate surface area is 85.9 Å². The van der Waals surface area contributed by atoms with Crippen LogP contribution in [0.2, 0.25) is 0 Å². The lowest BCUT2D eigenvalue weighted by Crippen LogP contribution is -2.41. The van der Waals surface area contributed by atoms with Crippen LogP contribution in [-0.4, -0.2) is 30.1 Å². The highest BCUT2D eigenvalue weighted by Gasteiger charge is 2.26. The number of anilines is 1. The molecule has 15 heavy (non-hydrogen) atoms. The van der Waals surface area contributed by atoms with Crippen molar-refractivity contribution in [3.8, 4) is 5.75 Å². The molecule has 1 aliphatic heterocycles. The highest BCUT2D eigenvalue weighted by molar-refractivity contribution is 6.01. The van der Waals surface area contributed by atoms with E-state index >= 15 is 0 Å². The van der Waals surface area contributed by atoms with Gasteiger partial charge in [-0.15, -0.1) is 0 Å². The van der Waals surface area contributed by atoms with Crippen molar-refractivity contribution in [3.05, 3.63) is 24.3 Å². The summed E-state index contributed by atoms with van der Waals surface area (Å²) in [4.78, 5) is 23.2. The van der Waals surface area contributed by atoms with Gasteiger partial charge in [0.05, 0.1) is 5.69 Å². The lowest BCUT2D eigenvalue weighted by Gasteiger charge is -2.27. The third-order valence-electron chi connectivity index (χ3n) is 2.10. The zero-order valence-electron chi connectivity index (χ0n) is 7.84. The second-order valence-corrected chi connectivity index (χ2v) is 3.13. The number of carbonyl (C=O) groups is 2. The molecule has 1 N–H and O–H groups in total. The predicted octanol–water partition coefficient (Wildman–Crippen LogP) is 0.497. The largest absolute Gasteiger partial charge is 0.482 e. The number of carbonyl (C=O) groups excluding carboxylic acids is 1. The van der Waals surface area contributed by atoms with Crippen LogP contribution in [0.15, 0.2) is 24.3 Å². The molecule has 0 bridgehead atoms. The van der Waals surface area contributed by atoms with Crippen LogP contribution in [0.3, 0.4) is 0 Å². The topological polar surface area (TPSA) is 66.8 Å². The molecule has 1 heterocycles. The molecule has 0 unspecified atom stereocenters. The molecule has 2 rings (SSSR count). The SMILES string of the molecule is O=C(O)CN1C(=O)COc2ccccc21. The van der Waals surface area contributed by atoms with Crippen molar-refractivity contribution in [2.45, 2.75) is 0 Å². The van der Waals surface area contributed by atoms with Crippen molar-refractivity contribution < 1.29 is 19.4 Å². The Balaban J connectivity index is 2.37. The van der Waals surface area contributed by atoms with Gasteiger partial charge >= 0.3 is 5.97 Å². The number of hydrogen-bond donors (Lipinski definition) is 1. The summed E-state index contributed by atoms with van der Waals surface area (Å²) >= 11 is 0. The minimum absolute atomic E-state index is 0.107. The van der Waals surface area contributed by atoms with Crippen LogP contribution in [-0.2, 0) is 9.59 Å². The molecule has 1 aromatic carbocycles. The van der Waals surface area contributed by atoms with E-state index in [0.717, 1.165) is 0 Å². The third kappa shape index (κ3) is 1.76. The monoisotopic (exact) mass is 207 g/mol. The zero-order chi connectivity index (χ0) is 10.8. The fraction of sp³-hybridized carbons (Fsp3) is 0.200. The van der Waals surface area contributed by atoms with Gasteiger partial charge in [0, 0.05) is 0 Å². The Morgan fingerprint density at radius 3 is 2.93 bits per heavy atom. The van der Waals surface area contributed by atoms with Crippen LogP contribution >= 0.6 is 0 Å². The molecule has 1 aromatic rings. The number of benzene rings is 1. The van der Waals surface area contributed by atoms with Crippen LogP contribution in [0.5, 0.6) is 5.75 Å². The number of amides is 1. The molecule has 0 radical (unpaired) electrons. The first kappa shape index (κ1) is 9.51. The van der Waals surface area contributed by atoms with Crippen molar-refractivity contribution >= 4 is 17.6 Å². The van der Waals surface area contributed by atoms with E-state index in [1.165, 1.54) is 4.90 Å². The van der Waals surface area contributed by atoms with E-state index < -0.39 is 5.97 Å². The smallest absolute Gasteiger partial charge is 0.323 e. The Bertz CT molecular complexity index is 416. The minimum Gasteiger partial charge on any atom is -0.482 e. The van der Waals surface area contributed by atoms with Crippen molar-refractivity contribution in [1.29, 1.82) is 0 Å². The first-order chi connectivity index (χ1) is 7.18. The highest BCUT2D eigenvalue weighted by Crippen LogP contribution is 2.30. The number of para-hydroxylation sites is 2. The Morgan fingerprint density at radius 2 is 2.20 bits per heavy atom. The van der Waals surface area contributed by atoms with Crippen LogP contribution in [0.4, 0.5) is 5.69 Å². The molecule has 0 saturated carbocycles. The summed E-state index contributed by atoms with van der Waals surface area (Å²) in [6, 6.07) is 6.87. The van der Waals surface area contributed by atoms with Crippen molar-refractivity contribution in [3.63, 3.8) is 0 Å². The first-order valence-corrected chi connectivity index (χ1v) is 4.42. The van der Waals surface area contributed by atoms with E-state index in [1.54, 1.807) is 24.3 Å². The lowest BCUT2D eigenvalue weighted by atomic mass is 10.2. The number of fused-ring (bicyclic) bond motifs is 1. The summed E-state index contributed by atoms with van der Waals surface area (Å²) in [5, 5.41) is 8.67. The molecule has 5 heteroatoms. The molecule has 0 atom stereocenters. The molecule has 78 valence electrons. The average molecular weight is 207 g/mol. The molecule has 0 aromatic heterocycles. The fourth-order valence-corrected chi connectivity index (χ4v) is 1.46. The molecule has 0 spiro atoms. The van der Waals surface area contributed by atoms with Gasteiger partial charge in [-0.05, 0) is 12.1 Å². The number of aliphatic carboxylic acids is 1. The van der Waals surface area contributed by atoms with Gasteiger partial charge in [-0.3, -0.25) is 14.5 Å². The second-order valence-electron chi connectivity index (χ2n) is 3.13. The lowest BCUT2D eigenvalue weighted by molar-refractivity contribution is -0.137. The summed E-state index contributed by atoms with van der Waals surface area (Å²) in [5.74, 6) is -0.838. The Hall–Kier alpha value is -2.04. The normalized spacial score (nSPS) is 14.4. The molecule has 1 aliphatic rings. The predicted molar refractivity (Wildman–Crippen MR) is 51.9 cm³/mol. The maximum absolute atomic E-state index is 11.4. The molecular formula is C10H9NO4. The van der Waals surface area contributed by atoms with E-state index in [4.69, 9.17) is 9.84 Å². The number of carboxylic acids is 1. The number of ether oxygens (including phenoxy) is 1. The van der Waals surface area contributed by atoms with Crippen molar-refractivity contribution in [2.75, 3.05) is 18.1 Å². The molecule has 5 nitrogen and oxygen atoms in total. The Kier molecular flexibility index (Phi) is 2.29. The van der Waals surface area contributed by atoms with Crippen LogP contribution < -0.4 is 9.64 Å². The van der Waals surface area contributed by atoms with Gasteiger partial charge in [-0.2, -0.15) is 0 Å². The van der Waals surface area contributed by atoms with Gasteiger partial charge in [-0.25, -0.2) is 0 Å². The number of carboxylic acid groups (broad SMARTS) is 1. The highest BCUT2D eigenvalue weighted by atomic mass is 16.5. The maximum Gasteiger partial charge on any atom is 0.323 e. The number of hydrogen-bond acceptors (Lipinski definition) is 3. The van der Waals surface area contributed by atoms with E-state index in [0.29, 0.717) is 11.4 Å². The summed E-state index contributed by atoms with van der Waals surface area (Å²) in [6.45, 7) is -0.441. The average Bonchev–Trinajstić information content (AvgIpc) is 2.22. The third-order valence-corrected chi connectivity index (χ3v) is 2.10. The molecular weight excluding hydrogens is 198 g/mol. The van der Waals surface area contributed by atoms with Gasteiger partial charge < -0.3 is 9.84 Å². The van der Waals surface area contributed by atoms with Gasteiger partial charge in [0.25, 0.3) is 5.91 Å². The van der Waals surface area contributed by atoms with Gasteiger partial charge in [-0.1, -0.05) is 12.1 Å². The minimum atomic E-state index is -1.04. The maximum atomic E-state index is 11.4. The van der Waals surface area contributed by atoms with Crippen molar-refractivity contribution in [2.24, 2.45) is 0 Å². The van der Waals surface area contributed by atoms with Crippen LogP contribution in [0, 0.1) is 0 Å². The van der Waals surface area contributed by atoms with Crippen molar-refractivity contribution in [1.82, 2.24) is 0 Å².